The summed E-state index contributed by atoms with van der Waals surface area (Å²) in [6, 6.07) is 29.2. The molecule has 0 saturated carbocycles. The average Bonchev–Trinajstić information content (AvgIpc) is 2.96. The Morgan fingerprint density at radius 3 is 2.16 bits per heavy atom. The summed E-state index contributed by atoms with van der Waals surface area (Å²) >= 11 is 0. The van der Waals surface area contributed by atoms with Crippen molar-refractivity contribution in [1.29, 1.82) is 0 Å². The summed E-state index contributed by atoms with van der Waals surface area (Å²) in [5.74, 6) is 1.72. The van der Waals surface area contributed by atoms with Crippen molar-refractivity contribution in [3.05, 3.63) is 125 Å². The van der Waals surface area contributed by atoms with Crippen molar-refractivity contribution < 1.29 is 14.0 Å². The molecule has 3 heterocycles. The van der Waals surface area contributed by atoms with Gasteiger partial charge in [-0.2, -0.15) is 0 Å². The van der Waals surface area contributed by atoms with Crippen molar-refractivity contribution in [1.82, 2.24) is 9.58 Å². The van der Waals surface area contributed by atoms with Gasteiger partial charge in [0, 0.05) is 36.0 Å². The fraction of sp³-hybridized carbons (Fsp3) is 0.0968. The second-order valence-corrected chi connectivity index (χ2v) is 9.09. The molecule has 38 heavy (non-hydrogen) atoms. The highest BCUT2D eigenvalue weighted by Crippen LogP contribution is 2.45. The lowest BCUT2D eigenvalue weighted by Gasteiger charge is -2.42. The van der Waals surface area contributed by atoms with Crippen LogP contribution in [0.15, 0.2) is 114 Å². The largest absolute Gasteiger partial charge is 0.497 e. The molecule has 0 fully saturated rings. The Morgan fingerprint density at radius 2 is 1.47 bits per heavy atom. The molecule has 5 aromatic rings. The van der Waals surface area contributed by atoms with Crippen molar-refractivity contribution in [2.24, 2.45) is 7.05 Å². The Kier molecular flexibility index (Phi) is 5.81. The number of pyridine rings is 2. The third-order valence-corrected chi connectivity index (χ3v) is 6.68. The number of ether oxygens (including phenoxy) is 2. The SMILES string of the molecule is COc1ccc(-n2c3c(c4ccccc4c2=O)N(c2ccccc2)N(C)/C(=C\c2cc[n+](C)cc2)O3)cc1. The van der Waals surface area contributed by atoms with Gasteiger partial charge in [0.05, 0.1) is 18.5 Å². The molecule has 6 rings (SSSR count). The quantitative estimate of drug-likeness (QED) is 0.316. The van der Waals surface area contributed by atoms with Crippen LogP contribution in [-0.4, -0.2) is 23.7 Å². The molecule has 0 bridgehead atoms. The van der Waals surface area contributed by atoms with E-state index in [9.17, 15) is 4.79 Å². The lowest BCUT2D eigenvalue weighted by Crippen LogP contribution is -2.42. The third kappa shape index (κ3) is 3.94. The maximum Gasteiger partial charge on any atom is 0.265 e. The number of rotatable bonds is 4. The molecule has 1 aliphatic heterocycles. The van der Waals surface area contributed by atoms with E-state index in [4.69, 9.17) is 9.47 Å². The summed E-state index contributed by atoms with van der Waals surface area (Å²) in [7, 11) is 5.56. The first-order valence-corrected chi connectivity index (χ1v) is 12.3. The van der Waals surface area contributed by atoms with E-state index in [1.54, 1.807) is 11.7 Å². The van der Waals surface area contributed by atoms with Crippen LogP contribution in [0.4, 0.5) is 11.4 Å². The number of aryl methyl sites for hydroxylation is 1. The molecule has 0 spiro atoms. The van der Waals surface area contributed by atoms with Gasteiger partial charge in [-0.1, -0.05) is 36.4 Å². The van der Waals surface area contributed by atoms with Crippen LogP contribution in [0.1, 0.15) is 5.56 Å². The first-order valence-electron chi connectivity index (χ1n) is 12.3. The van der Waals surface area contributed by atoms with Crippen molar-refractivity contribution >= 4 is 28.2 Å². The number of anilines is 2. The van der Waals surface area contributed by atoms with Crippen LogP contribution < -0.4 is 24.6 Å². The maximum atomic E-state index is 14.0. The number of hydrogen-bond acceptors (Lipinski definition) is 5. The average molecular weight is 504 g/mol. The number of para-hydroxylation sites is 1. The summed E-state index contributed by atoms with van der Waals surface area (Å²) < 4.78 is 15.6. The monoisotopic (exact) mass is 503 g/mol. The van der Waals surface area contributed by atoms with Gasteiger partial charge >= 0.3 is 0 Å². The Bertz CT molecular complexity index is 1710. The predicted molar refractivity (Wildman–Crippen MR) is 149 cm³/mol. The van der Waals surface area contributed by atoms with Crippen LogP contribution in [0.2, 0.25) is 0 Å². The lowest BCUT2D eigenvalue weighted by molar-refractivity contribution is -0.671. The van der Waals surface area contributed by atoms with Gasteiger partial charge in [-0.3, -0.25) is 9.80 Å². The summed E-state index contributed by atoms with van der Waals surface area (Å²) in [6.07, 6.45) is 5.94. The molecule has 3 aromatic carbocycles. The highest BCUT2D eigenvalue weighted by Gasteiger charge is 2.34. The van der Waals surface area contributed by atoms with Crippen LogP contribution in [0.3, 0.4) is 0 Å². The first-order chi connectivity index (χ1) is 18.5. The maximum absolute atomic E-state index is 14.0. The van der Waals surface area contributed by atoms with Crippen LogP contribution >= 0.6 is 0 Å². The number of fused-ring (bicyclic) bond motifs is 3. The molecule has 1 aliphatic rings. The predicted octanol–water partition coefficient (Wildman–Crippen LogP) is 5.20. The number of benzene rings is 3. The van der Waals surface area contributed by atoms with Gasteiger partial charge < -0.3 is 9.47 Å². The number of hydrazine groups is 1. The Balaban J connectivity index is 1.68. The van der Waals surface area contributed by atoms with Gasteiger partial charge in [-0.05, 0) is 48.0 Å². The summed E-state index contributed by atoms with van der Waals surface area (Å²) in [5.41, 5.74) is 3.21. The molecule has 0 atom stereocenters. The molecule has 0 unspecified atom stereocenters. The summed E-state index contributed by atoms with van der Waals surface area (Å²) in [4.78, 5) is 14.0. The van der Waals surface area contributed by atoms with Crippen LogP contribution in [0.5, 0.6) is 11.6 Å². The molecule has 0 saturated heterocycles. The second kappa shape index (κ2) is 9.44. The standard InChI is InChI=1S/C31H27N4O3/c1-32-19-17-22(18-20-32)21-28-33(2)35(24-9-5-4-6-10-24)29-26-11-7-8-12-27(26)30(36)34(31(29)38-28)23-13-15-25(37-3)16-14-23/h4-21H,1-3H3/q+1. The molecular formula is C31H27N4O3+. The minimum Gasteiger partial charge on any atom is -0.497 e. The molecule has 0 aliphatic carbocycles. The van der Waals surface area contributed by atoms with E-state index >= 15 is 0 Å². The van der Waals surface area contributed by atoms with Crippen molar-refractivity contribution in [2.75, 3.05) is 19.2 Å². The third-order valence-electron chi connectivity index (χ3n) is 6.68. The zero-order valence-electron chi connectivity index (χ0n) is 21.4. The summed E-state index contributed by atoms with van der Waals surface area (Å²) in [6.45, 7) is 0. The molecule has 0 radical (unpaired) electrons. The van der Waals surface area contributed by atoms with E-state index in [1.165, 1.54) is 0 Å². The molecule has 2 aromatic heterocycles. The first kappa shape index (κ1) is 23.4. The van der Waals surface area contributed by atoms with Crippen molar-refractivity contribution in [3.63, 3.8) is 0 Å². The minimum atomic E-state index is -0.159. The number of hydrogen-bond donors (Lipinski definition) is 0. The summed E-state index contributed by atoms with van der Waals surface area (Å²) in [5, 5.41) is 5.47. The smallest absolute Gasteiger partial charge is 0.265 e. The Morgan fingerprint density at radius 1 is 0.816 bits per heavy atom. The van der Waals surface area contributed by atoms with Gasteiger partial charge in [0.1, 0.15) is 18.5 Å². The van der Waals surface area contributed by atoms with Gasteiger partial charge in [-0.15, -0.1) is 0 Å². The fourth-order valence-electron chi connectivity index (χ4n) is 4.73. The van der Waals surface area contributed by atoms with Crippen LogP contribution in [0.25, 0.3) is 22.5 Å². The zero-order chi connectivity index (χ0) is 26.2. The molecular weight excluding hydrogens is 476 g/mol. The van der Waals surface area contributed by atoms with Gasteiger partial charge in [0.2, 0.25) is 11.8 Å². The molecule has 0 amide bonds. The lowest BCUT2D eigenvalue weighted by atomic mass is 10.1. The topological polar surface area (TPSA) is 50.8 Å². The number of methoxy groups -OCH3 is 1. The number of aromatic nitrogens is 2. The van der Waals surface area contributed by atoms with Gasteiger partial charge in [-0.25, -0.2) is 14.1 Å². The van der Waals surface area contributed by atoms with E-state index in [0.717, 1.165) is 22.3 Å². The molecule has 7 heteroatoms. The molecule has 188 valence electrons. The van der Waals surface area contributed by atoms with Gasteiger partial charge in [0.15, 0.2) is 12.4 Å². The molecule has 0 N–H and O–H groups in total. The van der Waals surface area contributed by atoms with E-state index in [-0.39, 0.29) is 5.56 Å². The van der Waals surface area contributed by atoms with E-state index in [0.29, 0.717) is 28.6 Å². The second-order valence-electron chi connectivity index (χ2n) is 9.09. The van der Waals surface area contributed by atoms with Crippen LogP contribution in [0, 0.1) is 0 Å². The highest BCUT2D eigenvalue weighted by molar-refractivity contribution is 5.99. The fourth-order valence-corrected chi connectivity index (χ4v) is 4.73. The van der Waals surface area contributed by atoms with Crippen LogP contribution in [-0.2, 0) is 7.05 Å². The molecule has 7 nitrogen and oxygen atoms in total. The van der Waals surface area contributed by atoms with Gasteiger partial charge in [0.25, 0.3) is 5.56 Å². The normalized spacial score (nSPS) is 13.9. The highest BCUT2D eigenvalue weighted by atomic mass is 16.5. The van der Waals surface area contributed by atoms with E-state index < -0.39 is 0 Å². The van der Waals surface area contributed by atoms with Crippen molar-refractivity contribution in [2.45, 2.75) is 0 Å². The number of nitrogens with zero attached hydrogens (tertiary/aromatic N) is 4. The minimum absolute atomic E-state index is 0.159. The van der Waals surface area contributed by atoms with E-state index in [2.05, 4.69) is 5.01 Å². The van der Waals surface area contributed by atoms with Crippen molar-refractivity contribution in [3.8, 4) is 17.3 Å². The van der Waals surface area contributed by atoms with E-state index in [1.807, 2.05) is 133 Å². The zero-order valence-corrected chi connectivity index (χ0v) is 21.4. The Hall–Kier alpha value is -5.04. The Labute approximate surface area is 220 Å².